The largest absolute Gasteiger partial charge is 0.490 e. The number of rotatable bonds is 1. The maximum atomic E-state index is 10.6. The first-order chi connectivity index (χ1) is 6.88. The third kappa shape index (κ3) is 6.50. The van der Waals surface area contributed by atoms with Gasteiger partial charge in [0.05, 0.1) is 0 Å². The zero-order valence-corrected chi connectivity index (χ0v) is 7.66. The van der Waals surface area contributed by atoms with Crippen LogP contribution in [-0.4, -0.2) is 17.3 Å². The lowest BCUT2D eigenvalue weighted by atomic mass is 10.2. The van der Waals surface area contributed by atoms with Crippen molar-refractivity contribution in [3.8, 4) is 0 Å². The summed E-state index contributed by atoms with van der Waals surface area (Å²) < 4.78 is 31.7. The topological polar surface area (TPSA) is 63.3 Å². The van der Waals surface area contributed by atoms with Crippen LogP contribution >= 0.6 is 0 Å². The van der Waals surface area contributed by atoms with Crippen molar-refractivity contribution in [2.75, 3.05) is 0 Å². The van der Waals surface area contributed by atoms with Crippen LogP contribution < -0.4 is 5.73 Å². The van der Waals surface area contributed by atoms with Crippen molar-refractivity contribution in [1.29, 1.82) is 0 Å². The number of benzene rings is 1. The van der Waals surface area contributed by atoms with Gasteiger partial charge in [-0.1, -0.05) is 30.3 Å². The lowest BCUT2D eigenvalue weighted by Crippen LogP contribution is -2.21. The summed E-state index contributed by atoms with van der Waals surface area (Å²) in [7, 11) is 0. The number of nitrogens with two attached hydrogens (primary N) is 1. The Hall–Kier alpha value is -1.56. The van der Waals surface area contributed by atoms with Crippen LogP contribution in [0.15, 0.2) is 30.3 Å². The summed E-state index contributed by atoms with van der Waals surface area (Å²) in [5.41, 5.74) is 6.54. The van der Waals surface area contributed by atoms with Crippen molar-refractivity contribution < 1.29 is 23.1 Å². The maximum Gasteiger partial charge on any atom is 0.490 e. The van der Waals surface area contributed by atoms with E-state index < -0.39 is 12.1 Å². The molecule has 0 amide bonds. The Morgan fingerprint density at radius 1 is 1.27 bits per heavy atom. The summed E-state index contributed by atoms with van der Waals surface area (Å²) in [4.78, 5) is 8.90. The minimum atomic E-state index is -5.08. The Bertz CT molecular complexity index is 298. The van der Waals surface area contributed by atoms with Crippen LogP contribution in [0, 0.1) is 0 Å². The van der Waals surface area contributed by atoms with Gasteiger partial charge in [0.1, 0.15) is 0 Å². The van der Waals surface area contributed by atoms with Crippen LogP contribution in [0.4, 0.5) is 13.2 Å². The minimum absolute atomic E-state index is 0.640. The highest BCUT2D eigenvalue weighted by Crippen LogP contribution is 2.13. The van der Waals surface area contributed by atoms with Crippen LogP contribution in [0.3, 0.4) is 0 Å². The molecule has 0 fully saturated rings. The zero-order chi connectivity index (χ0) is 11.9. The molecule has 6 heteroatoms. The van der Waals surface area contributed by atoms with Crippen LogP contribution in [0.2, 0.25) is 0 Å². The molecule has 0 heterocycles. The molecule has 0 aliphatic carbocycles. The summed E-state index contributed by atoms with van der Waals surface area (Å²) >= 11 is 0. The lowest BCUT2D eigenvalue weighted by molar-refractivity contribution is -0.192. The number of alkyl halides is 3. The summed E-state index contributed by atoms with van der Waals surface area (Å²) in [6.45, 7) is 0.640. The van der Waals surface area contributed by atoms with E-state index in [2.05, 4.69) is 0 Å². The summed E-state index contributed by atoms with van der Waals surface area (Å²) in [5.74, 6) is -2.76. The predicted octanol–water partition coefficient (Wildman–Crippen LogP) is 1.78. The van der Waals surface area contributed by atoms with Gasteiger partial charge in [0.15, 0.2) is 0 Å². The molecule has 1 aromatic carbocycles. The molecule has 3 N–H and O–H groups in total. The van der Waals surface area contributed by atoms with Gasteiger partial charge in [0, 0.05) is 6.54 Å². The molecule has 0 saturated heterocycles. The van der Waals surface area contributed by atoms with E-state index >= 15 is 0 Å². The number of carboxylic acids is 1. The van der Waals surface area contributed by atoms with Crippen LogP contribution in [0.5, 0.6) is 0 Å². The fraction of sp³-hybridized carbons (Fsp3) is 0.222. The van der Waals surface area contributed by atoms with Gasteiger partial charge in [-0.05, 0) is 5.56 Å². The third-order valence-electron chi connectivity index (χ3n) is 1.32. The number of aliphatic carboxylic acids is 1. The molecule has 84 valence electrons. The van der Waals surface area contributed by atoms with E-state index in [4.69, 9.17) is 15.6 Å². The molecule has 0 saturated carbocycles. The quantitative estimate of drug-likeness (QED) is 0.759. The number of carbonyl (C=O) groups is 1. The summed E-state index contributed by atoms with van der Waals surface area (Å²) in [5, 5.41) is 7.12. The highest BCUT2D eigenvalue weighted by atomic mass is 19.4. The highest BCUT2D eigenvalue weighted by Gasteiger charge is 2.38. The molecule has 15 heavy (non-hydrogen) atoms. The Morgan fingerprint density at radius 2 is 1.67 bits per heavy atom. The first-order valence-corrected chi connectivity index (χ1v) is 3.92. The van der Waals surface area contributed by atoms with E-state index in [1.807, 2.05) is 30.3 Å². The maximum absolute atomic E-state index is 10.6. The molecule has 0 bridgehead atoms. The first-order valence-electron chi connectivity index (χ1n) is 3.92. The Labute approximate surface area is 84.3 Å². The molecule has 1 aromatic rings. The summed E-state index contributed by atoms with van der Waals surface area (Å²) in [6.07, 6.45) is -5.08. The van der Waals surface area contributed by atoms with Gasteiger partial charge < -0.3 is 10.8 Å². The molecular weight excluding hydrogens is 211 g/mol. The standard InChI is InChI=1S/C7H9N.C2HF3O2/c8-6-7-4-2-1-3-5-7;3-2(4,5)1(6)7/h1-5H,6,8H2;(H,6,7). The number of hydrogen-bond acceptors (Lipinski definition) is 2. The SMILES string of the molecule is NCc1ccccc1.O=C(O)C(F)(F)F. The molecule has 0 aromatic heterocycles. The van der Waals surface area contributed by atoms with Crippen molar-refractivity contribution in [3.05, 3.63) is 35.9 Å². The highest BCUT2D eigenvalue weighted by molar-refractivity contribution is 5.73. The first kappa shape index (κ1) is 13.4. The van der Waals surface area contributed by atoms with E-state index in [0.717, 1.165) is 0 Å². The lowest BCUT2D eigenvalue weighted by Gasteiger charge is -1.93. The Balaban J connectivity index is 0.000000265. The number of carboxylic acid groups (broad SMARTS) is 1. The van der Waals surface area contributed by atoms with Crippen LogP contribution in [-0.2, 0) is 11.3 Å². The van der Waals surface area contributed by atoms with E-state index in [1.54, 1.807) is 0 Å². The molecule has 0 aliphatic rings. The van der Waals surface area contributed by atoms with Crippen molar-refractivity contribution in [3.63, 3.8) is 0 Å². The van der Waals surface area contributed by atoms with Crippen molar-refractivity contribution in [2.24, 2.45) is 5.73 Å². The predicted molar refractivity (Wildman–Crippen MR) is 48.0 cm³/mol. The molecule has 1 rings (SSSR count). The zero-order valence-electron chi connectivity index (χ0n) is 7.66. The van der Waals surface area contributed by atoms with Gasteiger partial charge in [0.25, 0.3) is 0 Å². The molecule has 0 aliphatic heterocycles. The van der Waals surface area contributed by atoms with E-state index in [9.17, 15) is 13.2 Å². The molecule has 0 spiro atoms. The smallest absolute Gasteiger partial charge is 0.475 e. The van der Waals surface area contributed by atoms with Crippen molar-refractivity contribution >= 4 is 5.97 Å². The second kappa shape index (κ2) is 6.02. The van der Waals surface area contributed by atoms with Gasteiger partial charge in [0.2, 0.25) is 0 Å². The second-order valence-corrected chi connectivity index (χ2v) is 2.49. The van der Waals surface area contributed by atoms with E-state index in [-0.39, 0.29) is 0 Å². The Morgan fingerprint density at radius 3 is 1.87 bits per heavy atom. The van der Waals surface area contributed by atoms with E-state index in [0.29, 0.717) is 6.54 Å². The van der Waals surface area contributed by atoms with Crippen LogP contribution in [0.25, 0.3) is 0 Å². The molecule has 3 nitrogen and oxygen atoms in total. The molecule has 0 atom stereocenters. The van der Waals surface area contributed by atoms with Gasteiger partial charge in [-0.3, -0.25) is 0 Å². The monoisotopic (exact) mass is 221 g/mol. The van der Waals surface area contributed by atoms with Gasteiger partial charge in [-0.15, -0.1) is 0 Å². The molecular formula is C9H10F3NO2. The van der Waals surface area contributed by atoms with Gasteiger partial charge in [-0.25, -0.2) is 4.79 Å². The second-order valence-electron chi connectivity index (χ2n) is 2.49. The van der Waals surface area contributed by atoms with Crippen LogP contribution in [0.1, 0.15) is 5.56 Å². The summed E-state index contributed by atoms with van der Waals surface area (Å²) in [6, 6.07) is 9.99. The van der Waals surface area contributed by atoms with Gasteiger partial charge in [-0.2, -0.15) is 13.2 Å². The molecule has 0 unspecified atom stereocenters. The minimum Gasteiger partial charge on any atom is -0.475 e. The van der Waals surface area contributed by atoms with Gasteiger partial charge >= 0.3 is 12.1 Å². The molecule has 0 radical (unpaired) electrons. The average Bonchev–Trinajstić information content (AvgIpc) is 2.18. The third-order valence-corrected chi connectivity index (χ3v) is 1.32. The average molecular weight is 221 g/mol. The Kier molecular flexibility index (Phi) is 5.40. The number of halogens is 3. The van der Waals surface area contributed by atoms with E-state index in [1.165, 1.54) is 5.56 Å². The van der Waals surface area contributed by atoms with Crippen molar-refractivity contribution in [2.45, 2.75) is 12.7 Å². The van der Waals surface area contributed by atoms with Crippen molar-refractivity contribution in [1.82, 2.24) is 0 Å². The number of hydrogen-bond donors (Lipinski definition) is 2. The fourth-order valence-electron chi connectivity index (χ4n) is 0.614. The fourth-order valence-corrected chi connectivity index (χ4v) is 0.614. The normalized spacial score (nSPS) is 10.1.